The highest BCUT2D eigenvalue weighted by atomic mass is 16.6. The number of aliphatic carboxylic acids is 2. The first-order valence-corrected chi connectivity index (χ1v) is 7.98. The van der Waals surface area contributed by atoms with Gasteiger partial charge >= 0.3 is 23.9 Å². The average Bonchev–Trinajstić information content (AvgIpc) is 2.45. The van der Waals surface area contributed by atoms with Gasteiger partial charge in [-0.25, -0.2) is 4.79 Å². The molecule has 0 aliphatic rings. The van der Waals surface area contributed by atoms with Crippen molar-refractivity contribution in [2.75, 3.05) is 0 Å². The lowest BCUT2D eigenvalue weighted by molar-refractivity contribution is -0.184. The minimum absolute atomic E-state index is 0.0707. The Morgan fingerprint density at radius 2 is 1.71 bits per heavy atom. The second-order valence-corrected chi connectivity index (χ2v) is 5.92. The van der Waals surface area contributed by atoms with Crippen LogP contribution < -0.4 is 0 Å². The molecule has 0 aliphatic carbocycles. The maximum absolute atomic E-state index is 12.2. The Kier molecular flexibility index (Phi) is 9.20. The van der Waals surface area contributed by atoms with Gasteiger partial charge in [0.25, 0.3) is 0 Å². The van der Waals surface area contributed by atoms with E-state index < -0.39 is 41.8 Å². The number of carbonyl (C=O) groups excluding carboxylic acids is 2. The monoisotopic (exact) mass is 346 g/mol. The smallest absolute Gasteiger partial charge is 0.337 e. The summed E-state index contributed by atoms with van der Waals surface area (Å²) in [7, 11) is 0. The van der Waals surface area contributed by atoms with Gasteiger partial charge in [-0.15, -0.1) is 0 Å². The number of aliphatic hydroxyl groups is 1. The van der Waals surface area contributed by atoms with Crippen LogP contribution in [0.15, 0.2) is 0 Å². The Labute approximate surface area is 140 Å². The van der Waals surface area contributed by atoms with Crippen molar-refractivity contribution < 1.29 is 39.2 Å². The van der Waals surface area contributed by atoms with E-state index in [1.165, 1.54) is 0 Å². The Morgan fingerprint density at radius 1 is 1.12 bits per heavy atom. The molecule has 0 bridgehead atoms. The average molecular weight is 346 g/mol. The van der Waals surface area contributed by atoms with Crippen molar-refractivity contribution in [3.05, 3.63) is 0 Å². The van der Waals surface area contributed by atoms with Gasteiger partial charge in [0.05, 0.1) is 12.3 Å². The number of rotatable bonds is 11. The van der Waals surface area contributed by atoms with Crippen molar-refractivity contribution in [2.45, 2.75) is 64.9 Å². The predicted molar refractivity (Wildman–Crippen MR) is 83.0 cm³/mol. The van der Waals surface area contributed by atoms with Crippen LogP contribution in [0.1, 0.15) is 59.3 Å². The molecule has 8 heteroatoms. The summed E-state index contributed by atoms with van der Waals surface area (Å²) in [6, 6.07) is 0. The lowest BCUT2D eigenvalue weighted by Gasteiger charge is -2.31. The summed E-state index contributed by atoms with van der Waals surface area (Å²) in [4.78, 5) is 45.6. The summed E-state index contributed by atoms with van der Waals surface area (Å²) in [5.74, 6) is -7.31. The van der Waals surface area contributed by atoms with Crippen molar-refractivity contribution >= 4 is 23.9 Å². The zero-order valence-corrected chi connectivity index (χ0v) is 14.3. The van der Waals surface area contributed by atoms with E-state index in [-0.39, 0.29) is 12.3 Å². The van der Waals surface area contributed by atoms with E-state index in [0.717, 1.165) is 19.8 Å². The lowest BCUT2D eigenvalue weighted by atomic mass is 9.77. The van der Waals surface area contributed by atoms with Crippen LogP contribution >= 0.6 is 0 Å². The number of unbranched alkanes of at least 4 members (excludes halogenated alkanes) is 1. The van der Waals surface area contributed by atoms with E-state index in [0.29, 0.717) is 12.8 Å². The summed E-state index contributed by atoms with van der Waals surface area (Å²) in [5.41, 5.74) is -2.84. The molecule has 0 radical (unpaired) electrons. The first-order chi connectivity index (χ1) is 11.1. The molecule has 0 spiro atoms. The van der Waals surface area contributed by atoms with E-state index in [9.17, 15) is 29.4 Å². The molecule has 0 aromatic heterocycles. The van der Waals surface area contributed by atoms with E-state index >= 15 is 0 Å². The number of carboxylic acid groups (broad SMARTS) is 2. The Balaban J connectivity index is 5.64. The zero-order valence-electron chi connectivity index (χ0n) is 14.3. The predicted octanol–water partition coefficient (Wildman–Crippen LogP) is 1.59. The fraction of sp³-hybridized carbons (Fsp3) is 0.750. The second kappa shape index (κ2) is 10.0. The number of ether oxygens (including phenoxy) is 1. The highest BCUT2D eigenvalue weighted by Crippen LogP contribution is 2.32. The lowest BCUT2D eigenvalue weighted by Crippen LogP contribution is -2.52. The van der Waals surface area contributed by atoms with Crippen LogP contribution in [0.3, 0.4) is 0 Å². The summed E-state index contributed by atoms with van der Waals surface area (Å²) in [6.07, 6.45) is 1.82. The van der Waals surface area contributed by atoms with Crippen LogP contribution in [0, 0.1) is 11.8 Å². The molecule has 0 aliphatic heterocycles. The maximum atomic E-state index is 12.2. The third-order valence-corrected chi connectivity index (χ3v) is 4.01. The van der Waals surface area contributed by atoms with Gasteiger partial charge in [0.1, 0.15) is 0 Å². The van der Waals surface area contributed by atoms with Gasteiger partial charge in [0, 0.05) is 6.92 Å². The molecule has 0 amide bonds. The minimum Gasteiger partial charge on any atom is -0.481 e. The molecule has 8 nitrogen and oxygen atoms in total. The molecule has 0 saturated heterocycles. The minimum atomic E-state index is -2.84. The van der Waals surface area contributed by atoms with Gasteiger partial charge in [-0.3, -0.25) is 14.4 Å². The largest absolute Gasteiger partial charge is 0.481 e. The number of hydrogen-bond donors (Lipinski definition) is 3. The first kappa shape index (κ1) is 22.0. The molecule has 3 atom stereocenters. The van der Waals surface area contributed by atoms with E-state index in [1.54, 1.807) is 0 Å². The van der Waals surface area contributed by atoms with Crippen molar-refractivity contribution in [3.8, 4) is 0 Å². The standard InChI is InChI=1S/C16H26O8/c1-4-6-7-11(5-2)8-12(14(20)24-10(3)17)16(23,15(21)22)9-13(18)19/h11-12,23H,4-9H2,1-3H3,(H,18,19)(H,21,22). The Bertz CT molecular complexity index is 473. The van der Waals surface area contributed by atoms with Crippen molar-refractivity contribution in [1.29, 1.82) is 0 Å². The van der Waals surface area contributed by atoms with Crippen molar-refractivity contribution in [3.63, 3.8) is 0 Å². The zero-order chi connectivity index (χ0) is 18.9. The molecule has 0 fully saturated rings. The van der Waals surface area contributed by atoms with Crippen LogP contribution in [0.5, 0.6) is 0 Å². The van der Waals surface area contributed by atoms with Crippen molar-refractivity contribution in [1.82, 2.24) is 0 Å². The van der Waals surface area contributed by atoms with Crippen molar-refractivity contribution in [2.24, 2.45) is 11.8 Å². The first-order valence-electron chi connectivity index (χ1n) is 7.98. The fourth-order valence-corrected chi connectivity index (χ4v) is 2.59. The van der Waals surface area contributed by atoms with Gasteiger partial charge in [-0.05, 0) is 12.3 Å². The summed E-state index contributed by atoms with van der Waals surface area (Å²) in [5, 5.41) is 28.6. The highest BCUT2D eigenvalue weighted by Gasteiger charge is 2.51. The molecule has 0 aromatic carbocycles. The molecular formula is C16H26O8. The molecule has 138 valence electrons. The Hall–Kier alpha value is -1.96. The molecule has 3 unspecified atom stereocenters. The molecule has 0 rings (SSSR count). The summed E-state index contributed by atoms with van der Waals surface area (Å²) < 4.78 is 4.45. The molecule has 0 aromatic rings. The van der Waals surface area contributed by atoms with Crippen LogP contribution in [0.2, 0.25) is 0 Å². The van der Waals surface area contributed by atoms with Crippen LogP contribution in [0.4, 0.5) is 0 Å². The normalized spacial score (nSPS) is 15.8. The van der Waals surface area contributed by atoms with Gasteiger partial charge in [-0.2, -0.15) is 0 Å². The number of carboxylic acids is 2. The van der Waals surface area contributed by atoms with Crippen LogP contribution in [-0.4, -0.2) is 44.8 Å². The van der Waals surface area contributed by atoms with Gasteiger partial charge < -0.3 is 20.1 Å². The number of esters is 2. The maximum Gasteiger partial charge on any atom is 0.337 e. The highest BCUT2D eigenvalue weighted by molar-refractivity contribution is 5.93. The summed E-state index contributed by atoms with van der Waals surface area (Å²) in [6.45, 7) is 4.80. The molecule has 0 heterocycles. The topological polar surface area (TPSA) is 138 Å². The molecule has 0 saturated carbocycles. The quantitative estimate of drug-likeness (QED) is 0.379. The van der Waals surface area contributed by atoms with E-state index in [4.69, 9.17) is 5.11 Å². The van der Waals surface area contributed by atoms with Crippen LogP contribution in [-0.2, 0) is 23.9 Å². The third-order valence-electron chi connectivity index (χ3n) is 4.01. The third kappa shape index (κ3) is 6.66. The summed E-state index contributed by atoms with van der Waals surface area (Å²) >= 11 is 0. The molecular weight excluding hydrogens is 320 g/mol. The van der Waals surface area contributed by atoms with Crippen LogP contribution in [0.25, 0.3) is 0 Å². The van der Waals surface area contributed by atoms with Gasteiger partial charge in [-0.1, -0.05) is 39.5 Å². The second-order valence-electron chi connectivity index (χ2n) is 5.92. The van der Waals surface area contributed by atoms with E-state index in [1.807, 2.05) is 13.8 Å². The Morgan fingerprint density at radius 3 is 2.08 bits per heavy atom. The van der Waals surface area contributed by atoms with Gasteiger partial charge in [0.15, 0.2) is 5.60 Å². The fourth-order valence-electron chi connectivity index (χ4n) is 2.59. The van der Waals surface area contributed by atoms with E-state index in [2.05, 4.69) is 4.74 Å². The molecule has 3 N–H and O–H groups in total. The SMILES string of the molecule is CCCCC(CC)CC(C(=O)OC(C)=O)C(O)(CC(=O)O)C(=O)O. The number of hydrogen-bond acceptors (Lipinski definition) is 6. The molecule has 24 heavy (non-hydrogen) atoms. The number of carbonyl (C=O) groups is 4. The van der Waals surface area contributed by atoms with Gasteiger partial charge in [0.2, 0.25) is 0 Å².